The molecule has 5 heteroatoms. The number of carbonyl (C=O) groups excluding carboxylic acids is 1. The number of nitrogens with zero attached hydrogens (tertiary/aromatic N) is 2. The van der Waals surface area contributed by atoms with Crippen LogP contribution in [-0.4, -0.2) is 10.9 Å². The highest BCUT2D eigenvalue weighted by Gasteiger charge is 2.29. The lowest BCUT2D eigenvalue weighted by atomic mass is 10.0. The highest BCUT2D eigenvalue weighted by atomic mass is 16.8. The van der Waals surface area contributed by atoms with Gasteiger partial charge in [-0.25, -0.2) is 0 Å². The Morgan fingerprint density at radius 3 is 3.09 bits per heavy atom. The summed E-state index contributed by atoms with van der Waals surface area (Å²) in [6.45, 7) is 0. The van der Waals surface area contributed by atoms with Crippen molar-refractivity contribution in [3.05, 3.63) is 16.6 Å². The molecule has 1 heterocycles. The van der Waals surface area contributed by atoms with E-state index in [2.05, 4.69) is 9.79 Å². The third-order valence-corrected chi connectivity index (χ3v) is 1.76. The Morgan fingerprint density at radius 2 is 2.36 bits per heavy atom. The summed E-state index contributed by atoms with van der Waals surface area (Å²) in [5.74, 6) is -0.164. The molecule has 1 aromatic rings. The Labute approximate surface area is 62.1 Å². The Kier molecular flexibility index (Phi) is 1.18. The molecule has 0 fully saturated rings. The summed E-state index contributed by atoms with van der Waals surface area (Å²) in [5.41, 5.74) is 0.590. The molecular weight excluding hydrogens is 148 g/mol. The van der Waals surface area contributed by atoms with E-state index < -0.39 is 0 Å². The van der Waals surface area contributed by atoms with Gasteiger partial charge in [0.1, 0.15) is 0 Å². The lowest BCUT2D eigenvalue weighted by molar-refractivity contribution is -0.803. The molecule has 0 atom stereocenters. The van der Waals surface area contributed by atoms with Crippen molar-refractivity contribution in [3.63, 3.8) is 0 Å². The molecule has 2 rings (SSSR count). The van der Waals surface area contributed by atoms with Crippen molar-refractivity contribution >= 4 is 5.78 Å². The van der Waals surface area contributed by atoms with Gasteiger partial charge in [-0.2, -0.15) is 0 Å². The fourth-order valence-corrected chi connectivity index (χ4v) is 1.24. The minimum absolute atomic E-state index is 0.0938. The smallest absolute Gasteiger partial charge is 0.264 e. The van der Waals surface area contributed by atoms with Crippen LogP contribution in [0.5, 0.6) is 0 Å². The normalized spacial score (nSPS) is 16.5. The zero-order chi connectivity index (χ0) is 7.84. The van der Waals surface area contributed by atoms with E-state index in [0.29, 0.717) is 18.5 Å². The number of fused-ring (bicyclic) bond motifs is 1. The first-order valence-corrected chi connectivity index (χ1v) is 3.41. The van der Waals surface area contributed by atoms with Crippen molar-refractivity contribution in [2.75, 3.05) is 0 Å². The maximum atomic E-state index is 11.0. The minimum Gasteiger partial charge on any atom is -0.359 e. The van der Waals surface area contributed by atoms with Gasteiger partial charge in [0, 0.05) is 18.0 Å². The summed E-state index contributed by atoms with van der Waals surface area (Å²) in [7, 11) is 0. The zero-order valence-electron chi connectivity index (χ0n) is 5.74. The molecule has 0 aromatic carbocycles. The van der Waals surface area contributed by atoms with Gasteiger partial charge in [-0.15, -0.1) is 0 Å². The molecule has 0 radical (unpaired) electrons. The molecule has 0 bridgehead atoms. The molecule has 58 valence electrons. The van der Waals surface area contributed by atoms with Crippen molar-refractivity contribution in [1.29, 1.82) is 0 Å². The van der Waals surface area contributed by atoms with Crippen molar-refractivity contribution < 1.29 is 14.3 Å². The predicted octanol–water partition coefficient (Wildman–Crippen LogP) is -0.173. The van der Waals surface area contributed by atoms with Gasteiger partial charge in [0.2, 0.25) is 11.5 Å². The van der Waals surface area contributed by atoms with Crippen LogP contribution in [0.3, 0.4) is 0 Å². The summed E-state index contributed by atoms with van der Waals surface area (Å²) in [6.07, 6.45) is 1.86. The van der Waals surface area contributed by atoms with E-state index in [1.165, 1.54) is 0 Å². The lowest BCUT2D eigenvalue weighted by Crippen LogP contribution is -2.33. The Bertz CT molecular complexity index is 305. The van der Waals surface area contributed by atoms with Gasteiger partial charge < -0.3 is 5.21 Å². The Balaban J connectivity index is 2.56. The molecule has 5 nitrogen and oxygen atoms in total. The van der Waals surface area contributed by atoms with Crippen LogP contribution in [0.2, 0.25) is 0 Å². The van der Waals surface area contributed by atoms with Gasteiger partial charge in [0.15, 0.2) is 0 Å². The molecule has 0 N–H and O–H groups in total. The average molecular weight is 154 g/mol. The maximum absolute atomic E-state index is 11.0. The number of hydrogen-bond acceptors (Lipinski definition) is 4. The van der Waals surface area contributed by atoms with Crippen molar-refractivity contribution in [2.24, 2.45) is 0 Å². The second kappa shape index (κ2) is 2.05. The molecule has 1 aliphatic rings. The van der Waals surface area contributed by atoms with Crippen LogP contribution >= 0.6 is 0 Å². The summed E-state index contributed by atoms with van der Waals surface area (Å²) in [5, 5.41) is 14.2. The summed E-state index contributed by atoms with van der Waals surface area (Å²) < 4.78 is 4.28. The SMILES string of the molecule is O=C1CCCc2no[n+]([O-])c21. The molecule has 0 aliphatic heterocycles. The van der Waals surface area contributed by atoms with Crippen molar-refractivity contribution in [3.8, 4) is 0 Å². The second-order valence-corrected chi connectivity index (χ2v) is 2.50. The minimum atomic E-state index is -0.164. The number of Topliss-reactive ketones (excluding diaryl/α,β-unsaturated/α-hetero) is 1. The van der Waals surface area contributed by atoms with Gasteiger partial charge in [-0.05, 0) is 11.3 Å². The number of rotatable bonds is 0. The van der Waals surface area contributed by atoms with Crippen LogP contribution in [0.15, 0.2) is 4.63 Å². The number of carbonyl (C=O) groups is 1. The summed E-state index contributed by atoms with van der Waals surface area (Å²) in [4.78, 5) is 11.2. The van der Waals surface area contributed by atoms with E-state index in [-0.39, 0.29) is 16.4 Å². The highest BCUT2D eigenvalue weighted by Crippen LogP contribution is 2.15. The molecule has 0 unspecified atom stereocenters. The first-order valence-electron chi connectivity index (χ1n) is 3.41. The fraction of sp³-hybridized carbons (Fsp3) is 0.500. The van der Waals surface area contributed by atoms with Crippen LogP contribution in [-0.2, 0) is 6.42 Å². The third kappa shape index (κ3) is 0.806. The first-order chi connectivity index (χ1) is 5.29. The Hall–Kier alpha value is -1.39. The molecule has 0 saturated heterocycles. The van der Waals surface area contributed by atoms with E-state index in [4.69, 9.17) is 0 Å². The van der Waals surface area contributed by atoms with E-state index in [0.717, 1.165) is 6.42 Å². The van der Waals surface area contributed by atoms with Gasteiger partial charge >= 0.3 is 0 Å². The highest BCUT2D eigenvalue weighted by molar-refractivity contribution is 5.94. The van der Waals surface area contributed by atoms with E-state index >= 15 is 0 Å². The van der Waals surface area contributed by atoms with Crippen LogP contribution < -0.4 is 4.90 Å². The zero-order valence-corrected chi connectivity index (χ0v) is 5.74. The fourth-order valence-electron chi connectivity index (χ4n) is 1.24. The molecule has 1 aromatic heterocycles. The van der Waals surface area contributed by atoms with E-state index in [9.17, 15) is 10.0 Å². The van der Waals surface area contributed by atoms with Crippen molar-refractivity contribution in [2.45, 2.75) is 19.3 Å². The molecule has 0 spiro atoms. The number of hydrogen-bond donors (Lipinski definition) is 0. The van der Waals surface area contributed by atoms with Crippen LogP contribution in [0.4, 0.5) is 0 Å². The standard InChI is InChI=1S/C6H6N2O3/c9-5-3-1-2-4-6(5)8(10)11-7-4/h1-3H2. The largest absolute Gasteiger partial charge is 0.359 e. The average Bonchev–Trinajstić information content (AvgIpc) is 2.34. The quantitative estimate of drug-likeness (QED) is 0.486. The monoisotopic (exact) mass is 154 g/mol. The predicted molar refractivity (Wildman–Crippen MR) is 32.7 cm³/mol. The topological polar surface area (TPSA) is 70.0 Å². The molecular formula is C6H6N2O3. The van der Waals surface area contributed by atoms with E-state index in [1.54, 1.807) is 0 Å². The number of ketones is 1. The van der Waals surface area contributed by atoms with Crippen LogP contribution in [0.1, 0.15) is 29.0 Å². The van der Waals surface area contributed by atoms with Crippen LogP contribution in [0.25, 0.3) is 0 Å². The van der Waals surface area contributed by atoms with E-state index in [1.807, 2.05) is 0 Å². The van der Waals surface area contributed by atoms with Gasteiger partial charge in [0.05, 0.1) is 0 Å². The van der Waals surface area contributed by atoms with Gasteiger partial charge in [0.25, 0.3) is 5.69 Å². The maximum Gasteiger partial charge on any atom is 0.264 e. The molecule has 11 heavy (non-hydrogen) atoms. The molecule has 0 saturated carbocycles. The first kappa shape index (κ1) is 6.33. The number of aryl methyl sites for hydroxylation is 1. The summed E-state index contributed by atoms with van der Waals surface area (Å²) >= 11 is 0. The molecule has 1 aliphatic carbocycles. The lowest BCUT2D eigenvalue weighted by Gasteiger charge is -2.01. The third-order valence-electron chi connectivity index (χ3n) is 1.76. The Morgan fingerprint density at radius 1 is 1.55 bits per heavy atom. The number of aromatic nitrogens is 2. The molecule has 0 amide bonds. The van der Waals surface area contributed by atoms with Gasteiger partial charge in [-0.1, -0.05) is 0 Å². The van der Waals surface area contributed by atoms with Crippen molar-refractivity contribution in [1.82, 2.24) is 5.16 Å². The summed E-state index contributed by atoms with van der Waals surface area (Å²) in [6, 6.07) is 0. The van der Waals surface area contributed by atoms with Gasteiger partial charge in [-0.3, -0.25) is 9.42 Å². The second-order valence-electron chi connectivity index (χ2n) is 2.50. The van der Waals surface area contributed by atoms with Crippen LogP contribution in [0, 0.1) is 5.21 Å².